The Morgan fingerprint density at radius 3 is 2.38 bits per heavy atom. The van der Waals surface area contributed by atoms with Crippen molar-refractivity contribution in [1.29, 1.82) is 10.5 Å². The van der Waals surface area contributed by atoms with E-state index in [1.807, 2.05) is 18.0 Å². The van der Waals surface area contributed by atoms with Gasteiger partial charge in [0.05, 0.1) is 18.3 Å². The van der Waals surface area contributed by atoms with Gasteiger partial charge in [0.15, 0.2) is 11.6 Å². The first-order chi connectivity index (χ1) is 18.8. The van der Waals surface area contributed by atoms with Crippen LogP contribution in [0.15, 0.2) is 29.1 Å². The molecule has 2 aromatic heterocycles. The molecule has 39 heavy (non-hydrogen) atoms. The summed E-state index contributed by atoms with van der Waals surface area (Å²) < 4.78 is 35.0. The number of pyridine rings is 2. The highest BCUT2D eigenvalue weighted by Gasteiger charge is 2.34. The molecule has 0 atom stereocenters. The van der Waals surface area contributed by atoms with Crippen molar-refractivity contribution >= 4 is 22.4 Å². The minimum Gasteiger partial charge on any atom is -0.493 e. The molecule has 202 valence electrons. The zero-order chi connectivity index (χ0) is 27.8. The molecule has 3 aromatic rings. The van der Waals surface area contributed by atoms with Crippen LogP contribution in [0.5, 0.6) is 5.75 Å². The van der Waals surface area contributed by atoms with Crippen molar-refractivity contribution in [2.75, 3.05) is 30.5 Å². The quantitative estimate of drug-likeness (QED) is 0.438. The van der Waals surface area contributed by atoms with Crippen LogP contribution in [-0.2, 0) is 7.05 Å². The number of rotatable bonds is 7. The highest BCUT2D eigenvalue weighted by Crippen LogP contribution is 2.39. The van der Waals surface area contributed by atoms with E-state index in [-0.39, 0.29) is 29.1 Å². The summed E-state index contributed by atoms with van der Waals surface area (Å²) in [5, 5.41) is 19.3. The third-order valence-electron chi connectivity index (χ3n) is 8.13. The number of nitrogens with zero attached hydrogens (tertiary/aromatic N) is 6. The van der Waals surface area contributed by atoms with Gasteiger partial charge in [-0.15, -0.1) is 0 Å². The number of hydrogen-bond acceptors (Lipinski definition) is 7. The van der Waals surface area contributed by atoms with Gasteiger partial charge in [-0.1, -0.05) is 0 Å². The van der Waals surface area contributed by atoms with Crippen LogP contribution in [0.4, 0.5) is 20.2 Å². The molecule has 0 aliphatic heterocycles. The number of benzene rings is 1. The molecule has 2 saturated carbocycles. The smallest absolute Gasteiger partial charge is 0.270 e. The van der Waals surface area contributed by atoms with Gasteiger partial charge in [-0.2, -0.15) is 14.9 Å². The Labute approximate surface area is 225 Å². The van der Waals surface area contributed by atoms with Crippen LogP contribution >= 0.6 is 0 Å². The van der Waals surface area contributed by atoms with E-state index >= 15 is 0 Å². The van der Waals surface area contributed by atoms with E-state index in [9.17, 15) is 24.1 Å². The zero-order valence-electron chi connectivity index (χ0n) is 22.2. The molecule has 1 aromatic carbocycles. The number of hydrogen-bond donors (Lipinski definition) is 0. The predicted octanol–water partition coefficient (Wildman–Crippen LogP) is 4.63. The molecule has 2 aliphatic carbocycles. The maximum absolute atomic E-state index is 14.4. The second kappa shape index (κ2) is 10.5. The first kappa shape index (κ1) is 26.4. The van der Waals surface area contributed by atoms with Crippen LogP contribution in [-0.4, -0.2) is 42.3 Å². The van der Waals surface area contributed by atoms with E-state index in [0.717, 1.165) is 45.1 Å². The number of methoxy groups -OCH3 is 1. The Morgan fingerprint density at radius 2 is 1.77 bits per heavy atom. The van der Waals surface area contributed by atoms with E-state index in [2.05, 4.69) is 16.0 Å². The average molecular weight is 533 g/mol. The number of aromatic nitrogens is 2. The van der Waals surface area contributed by atoms with E-state index in [0.29, 0.717) is 28.3 Å². The van der Waals surface area contributed by atoms with Crippen molar-refractivity contribution in [2.45, 2.75) is 50.6 Å². The third-order valence-corrected chi connectivity index (χ3v) is 8.13. The normalized spacial score (nSPS) is 18.8. The molecule has 0 bridgehead atoms. The molecule has 0 saturated heterocycles. The third kappa shape index (κ3) is 4.87. The average Bonchev–Trinajstić information content (AvgIpc) is 3.78. The molecule has 0 unspecified atom stereocenters. The van der Waals surface area contributed by atoms with Gasteiger partial charge in [-0.05, 0) is 56.6 Å². The van der Waals surface area contributed by atoms with Gasteiger partial charge >= 0.3 is 0 Å². The van der Waals surface area contributed by atoms with Crippen molar-refractivity contribution < 1.29 is 13.5 Å². The molecule has 0 spiro atoms. The Hall–Kier alpha value is -4.18. The predicted molar refractivity (Wildman–Crippen MR) is 144 cm³/mol. The summed E-state index contributed by atoms with van der Waals surface area (Å²) in [6.07, 6.45) is 5.38. The molecule has 2 aliphatic rings. The first-order valence-electron chi connectivity index (χ1n) is 13.1. The van der Waals surface area contributed by atoms with Crippen molar-refractivity contribution in [1.82, 2.24) is 9.55 Å². The van der Waals surface area contributed by atoms with Crippen molar-refractivity contribution in [2.24, 2.45) is 13.0 Å². The summed E-state index contributed by atoms with van der Waals surface area (Å²) in [6, 6.07) is 10.3. The van der Waals surface area contributed by atoms with E-state index in [1.54, 1.807) is 25.2 Å². The largest absolute Gasteiger partial charge is 0.493 e. The molecule has 5 rings (SSSR count). The van der Waals surface area contributed by atoms with Gasteiger partial charge in [0.2, 0.25) is 5.82 Å². The number of aryl methyl sites for hydroxylation is 1. The van der Waals surface area contributed by atoms with Crippen molar-refractivity contribution in [3.05, 3.63) is 57.5 Å². The molecule has 0 radical (unpaired) electrons. The number of fused-ring (bicyclic) bond motifs is 1. The minimum atomic E-state index is -0.986. The molecular formula is C29H30F2N6O2. The fourth-order valence-electron chi connectivity index (χ4n) is 5.75. The molecule has 2 heterocycles. The van der Waals surface area contributed by atoms with Gasteiger partial charge in [-0.3, -0.25) is 4.79 Å². The summed E-state index contributed by atoms with van der Waals surface area (Å²) in [4.78, 5) is 21.7. The van der Waals surface area contributed by atoms with Crippen LogP contribution in [0.25, 0.3) is 11.0 Å². The Kier molecular flexibility index (Phi) is 7.14. The Morgan fingerprint density at radius 1 is 1.08 bits per heavy atom. The summed E-state index contributed by atoms with van der Waals surface area (Å²) in [7, 11) is 4.79. The lowest BCUT2D eigenvalue weighted by atomic mass is 9.88. The maximum atomic E-state index is 14.4. The van der Waals surface area contributed by atoms with Crippen molar-refractivity contribution in [3.63, 3.8) is 0 Å². The second-order valence-electron chi connectivity index (χ2n) is 10.5. The van der Waals surface area contributed by atoms with E-state index < -0.39 is 17.2 Å². The van der Waals surface area contributed by atoms with Crippen LogP contribution in [0, 0.1) is 40.2 Å². The number of nitriles is 2. The first-order valence-corrected chi connectivity index (χ1v) is 13.1. The molecule has 10 heteroatoms. The van der Waals surface area contributed by atoms with E-state index in [1.165, 1.54) is 17.7 Å². The van der Waals surface area contributed by atoms with Crippen LogP contribution in [0.2, 0.25) is 0 Å². The number of anilines is 2. The zero-order valence-corrected chi connectivity index (χ0v) is 22.2. The topological polar surface area (TPSA) is 98.2 Å². The molecule has 2 fully saturated rings. The lowest BCUT2D eigenvalue weighted by Crippen LogP contribution is -2.44. The van der Waals surface area contributed by atoms with Gasteiger partial charge in [0.1, 0.15) is 28.9 Å². The number of halogens is 2. The molecule has 8 nitrogen and oxygen atoms in total. The van der Waals surface area contributed by atoms with E-state index in [4.69, 9.17) is 4.74 Å². The highest BCUT2D eigenvalue weighted by atomic mass is 19.2. The van der Waals surface area contributed by atoms with Crippen LogP contribution in [0.1, 0.15) is 49.8 Å². The molecular weight excluding hydrogens is 502 g/mol. The van der Waals surface area contributed by atoms with Gasteiger partial charge < -0.3 is 19.1 Å². The second-order valence-corrected chi connectivity index (χ2v) is 10.5. The van der Waals surface area contributed by atoms with Gasteiger partial charge in [0, 0.05) is 50.5 Å². The van der Waals surface area contributed by atoms with Gasteiger partial charge in [0.25, 0.3) is 5.56 Å². The van der Waals surface area contributed by atoms with Crippen LogP contribution < -0.4 is 20.1 Å². The monoisotopic (exact) mass is 532 g/mol. The Bertz CT molecular complexity index is 1560. The number of ether oxygens (including phenoxy) is 1. The maximum Gasteiger partial charge on any atom is 0.270 e. The summed E-state index contributed by atoms with van der Waals surface area (Å²) in [5.41, 5.74) is 1.86. The summed E-state index contributed by atoms with van der Waals surface area (Å²) >= 11 is 0. The minimum absolute atomic E-state index is 0.00135. The highest BCUT2D eigenvalue weighted by molar-refractivity contribution is 5.92. The summed E-state index contributed by atoms with van der Waals surface area (Å²) in [5.74, 6) is -1.48. The van der Waals surface area contributed by atoms with Crippen molar-refractivity contribution in [3.8, 4) is 17.9 Å². The molecule has 0 amide bonds. The molecule has 0 N–H and O–H groups in total. The van der Waals surface area contributed by atoms with Gasteiger partial charge in [-0.25, -0.2) is 9.37 Å². The fraction of sp³-hybridized carbons (Fsp3) is 0.448. The summed E-state index contributed by atoms with van der Waals surface area (Å²) in [6.45, 7) is 0.776. The lowest BCUT2D eigenvalue weighted by molar-refractivity contribution is 0.359. The lowest BCUT2D eigenvalue weighted by Gasteiger charge is -2.42. The SMILES string of the molecule is COc1cc(N(CC2CC2)C2CCC(N(C)c3c(C#N)c(=O)n(C)c4ccc(C#N)nc34)CC2)cc(F)c1F. The fourth-order valence-corrected chi connectivity index (χ4v) is 5.75. The Balaban J connectivity index is 1.44. The van der Waals surface area contributed by atoms with Crippen LogP contribution in [0.3, 0.4) is 0 Å². The standard InChI is InChI=1S/C29H30F2N6O2/c1-35(28-22(15-33)29(38)36(2)24-11-6-18(14-32)34-27(24)28)19-7-9-20(10-8-19)37(16-17-4-5-17)21-12-23(30)26(31)25(13-21)39-3/h6,11-13,17,19-20H,4-5,7-10,16H2,1-3H3.